The number of hydrogen-bond donors (Lipinski definition) is 2. The highest BCUT2D eigenvalue weighted by Gasteiger charge is 2.22. The topological polar surface area (TPSA) is 58.6 Å². The van der Waals surface area contributed by atoms with Crippen molar-refractivity contribution in [3.63, 3.8) is 0 Å². The van der Waals surface area contributed by atoms with Crippen LogP contribution < -0.4 is 5.32 Å². The molecule has 1 fully saturated rings. The van der Waals surface area contributed by atoms with Gasteiger partial charge in [0.05, 0.1) is 24.8 Å². The van der Waals surface area contributed by atoms with E-state index in [0.717, 1.165) is 0 Å². The van der Waals surface area contributed by atoms with E-state index in [2.05, 4.69) is 5.32 Å². The molecule has 4 nitrogen and oxygen atoms in total. The molecule has 0 saturated carbocycles. The number of halogens is 1. The highest BCUT2D eigenvalue weighted by Crippen LogP contribution is 2.21. The molecule has 80 valence electrons. The molecule has 1 aromatic rings. The van der Waals surface area contributed by atoms with E-state index in [1.54, 1.807) is 6.07 Å². The number of carbonyl (C=O) groups excluding carboxylic acids is 1. The van der Waals surface area contributed by atoms with Crippen LogP contribution >= 0.6 is 11.6 Å². The minimum absolute atomic E-state index is 0.0487. The summed E-state index contributed by atoms with van der Waals surface area (Å²) >= 11 is 5.65. The fraction of sp³-hybridized carbons (Fsp3) is 0.300. The first-order valence-electron chi connectivity index (χ1n) is 4.54. The lowest BCUT2D eigenvalue weighted by Crippen LogP contribution is -2.48. The van der Waals surface area contributed by atoms with E-state index in [1.165, 1.54) is 12.1 Å². The van der Waals surface area contributed by atoms with Gasteiger partial charge in [-0.05, 0) is 18.2 Å². The molecular weight excluding hydrogens is 218 g/mol. The second-order valence-electron chi connectivity index (χ2n) is 3.37. The van der Waals surface area contributed by atoms with Crippen LogP contribution in [0.15, 0.2) is 18.2 Å². The smallest absolute Gasteiger partial charge is 0.255 e. The van der Waals surface area contributed by atoms with Gasteiger partial charge in [-0.1, -0.05) is 11.6 Å². The van der Waals surface area contributed by atoms with Gasteiger partial charge >= 0.3 is 0 Å². The molecule has 5 heteroatoms. The number of rotatable bonds is 2. The van der Waals surface area contributed by atoms with Crippen molar-refractivity contribution in [1.82, 2.24) is 5.32 Å². The van der Waals surface area contributed by atoms with Crippen LogP contribution in [0, 0.1) is 0 Å². The predicted molar refractivity (Wildman–Crippen MR) is 55.2 cm³/mol. The maximum Gasteiger partial charge on any atom is 0.255 e. The monoisotopic (exact) mass is 227 g/mol. The van der Waals surface area contributed by atoms with Gasteiger partial charge in [-0.2, -0.15) is 0 Å². The Labute approximate surface area is 91.8 Å². The van der Waals surface area contributed by atoms with Crippen LogP contribution in [-0.2, 0) is 4.74 Å². The SMILES string of the molecule is O=C(NC1COC1)c1ccc(Cl)cc1O. The van der Waals surface area contributed by atoms with Crippen molar-refractivity contribution in [2.24, 2.45) is 0 Å². The molecule has 0 aromatic heterocycles. The Morgan fingerprint density at radius 1 is 1.53 bits per heavy atom. The van der Waals surface area contributed by atoms with Crippen LogP contribution in [0.1, 0.15) is 10.4 Å². The molecule has 0 radical (unpaired) electrons. The Bertz CT molecular complexity index is 390. The molecule has 2 rings (SSSR count). The van der Waals surface area contributed by atoms with E-state index in [4.69, 9.17) is 16.3 Å². The number of phenolic OH excluding ortho intramolecular Hbond substituents is 1. The van der Waals surface area contributed by atoms with Crippen LogP contribution in [0.2, 0.25) is 5.02 Å². The average Bonchev–Trinajstić information content (AvgIpc) is 2.11. The van der Waals surface area contributed by atoms with Gasteiger partial charge in [-0.25, -0.2) is 0 Å². The second-order valence-corrected chi connectivity index (χ2v) is 3.81. The minimum Gasteiger partial charge on any atom is -0.507 e. The third kappa shape index (κ3) is 2.22. The summed E-state index contributed by atoms with van der Waals surface area (Å²) in [6.07, 6.45) is 0. The van der Waals surface area contributed by atoms with Crippen LogP contribution in [-0.4, -0.2) is 30.3 Å². The van der Waals surface area contributed by atoms with Crippen molar-refractivity contribution >= 4 is 17.5 Å². The summed E-state index contributed by atoms with van der Waals surface area (Å²) in [5.41, 5.74) is 0.228. The lowest BCUT2D eigenvalue weighted by molar-refractivity contribution is -0.00350. The van der Waals surface area contributed by atoms with Gasteiger partial charge in [0.1, 0.15) is 5.75 Å². The van der Waals surface area contributed by atoms with Gasteiger partial charge < -0.3 is 15.2 Å². The Hall–Kier alpha value is -1.26. The second kappa shape index (κ2) is 4.08. The van der Waals surface area contributed by atoms with Crippen molar-refractivity contribution in [3.8, 4) is 5.75 Å². The molecule has 1 aliphatic heterocycles. The minimum atomic E-state index is -0.308. The van der Waals surface area contributed by atoms with E-state index in [0.29, 0.717) is 18.2 Å². The molecule has 1 heterocycles. The summed E-state index contributed by atoms with van der Waals surface area (Å²) in [6.45, 7) is 1.06. The maximum absolute atomic E-state index is 11.6. The summed E-state index contributed by atoms with van der Waals surface area (Å²) < 4.78 is 4.92. The molecule has 0 atom stereocenters. The Balaban J connectivity index is 2.10. The van der Waals surface area contributed by atoms with E-state index in [-0.39, 0.29) is 23.3 Å². The summed E-state index contributed by atoms with van der Waals surface area (Å²) in [7, 11) is 0. The third-order valence-electron chi connectivity index (χ3n) is 2.18. The van der Waals surface area contributed by atoms with E-state index >= 15 is 0 Å². The standard InChI is InChI=1S/C10H10ClNO3/c11-6-1-2-8(9(13)3-6)10(14)12-7-4-15-5-7/h1-3,7,13H,4-5H2,(H,12,14). The first-order chi connectivity index (χ1) is 7.16. The lowest BCUT2D eigenvalue weighted by Gasteiger charge is -2.26. The molecule has 0 unspecified atom stereocenters. The van der Waals surface area contributed by atoms with Gasteiger partial charge in [0.15, 0.2) is 0 Å². The van der Waals surface area contributed by atoms with Crippen molar-refractivity contribution in [1.29, 1.82) is 0 Å². The molecule has 15 heavy (non-hydrogen) atoms. The number of ether oxygens (including phenoxy) is 1. The van der Waals surface area contributed by atoms with Crippen molar-refractivity contribution < 1.29 is 14.6 Å². The Kier molecular flexibility index (Phi) is 2.79. The average molecular weight is 228 g/mol. The molecule has 1 amide bonds. The zero-order valence-corrected chi connectivity index (χ0v) is 8.62. The number of hydrogen-bond acceptors (Lipinski definition) is 3. The third-order valence-corrected chi connectivity index (χ3v) is 2.41. The molecule has 0 aliphatic carbocycles. The quantitative estimate of drug-likeness (QED) is 0.798. The maximum atomic E-state index is 11.6. The fourth-order valence-electron chi connectivity index (χ4n) is 1.28. The number of aromatic hydroxyl groups is 1. The molecule has 2 N–H and O–H groups in total. The van der Waals surface area contributed by atoms with Crippen LogP contribution in [0.25, 0.3) is 0 Å². The highest BCUT2D eigenvalue weighted by atomic mass is 35.5. The van der Waals surface area contributed by atoms with Crippen molar-refractivity contribution in [3.05, 3.63) is 28.8 Å². The number of amides is 1. The fourth-order valence-corrected chi connectivity index (χ4v) is 1.45. The predicted octanol–water partition coefficient (Wildman–Crippen LogP) is 1.17. The van der Waals surface area contributed by atoms with E-state index in [1.807, 2.05) is 0 Å². The molecule has 1 aliphatic rings. The van der Waals surface area contributed by atoms with Gasteiger partial charge in [-0.15, -0.1) is 0 Å². The number of phenols is 1. The first kappa shape index (κ1) is 10.3. The number of carbonyl (C=O) groups is 1. The summed E-state index contributed by atoms with van der Waals surface area (Å²) in [5, 5.41) is 12.6. The molecule has 0 spiro atoms. The lowest BCUT2D eigenvalue weighted by atomic mass is 10.1. The van der Waals surface area contributed by atoms with E-state index in [9.17, 15) is 9.90 Å². The van der Waals surface area contributed by atoms with Crippen LogP contribution in [0.5, 0.6) is 5.75 Å². The molecule has 1 saturated heterocycles. The highest BCUT2D eigenvalue weighted by molar-refractivity contribution is 6.30. The zero-order chi connectivity index (χ0) is 10.8. The van der Waals surface area contributed by atoms with Gasteiger partial charge in [0.25, 0.3) is 5.91 Å². The first-order valence-corrected chi connectivity index (χ1v) is 4.92. The van der Waals surface area contributed by atoms with Crippen molar-refractivity contribution in [2.45, 2.75) is 6.04 Å². The van der Waals surface area contributed by atoms with Gasteiger partial charge in [0.2, 0.25) is 0 Å². The summed E-state index contributed by atoms with van der Waals surface area (Å²) in [5.74, 6) is -0.419. The van der Waals surface area contributed by atoms with Crippen molar-refractivity contribution in [2.75, 3.05) is 13.2 Å². The normalized spacial score (nSPS) is 15.8. The van der Waals surface area contributed by atoms with E-state index < -0.39 is 0 Å². The van der Waals surface area contributed by atoms with Crippen LogP contribution in [0.4, 0.5) is 0 Å². The number of benzene rings is 1. The molecule has 0 bridgehead atoms. The molecular formula is C10H10ClNO3. The Morgan fingerprint density at radius 3 is 2.80 bits per heavy atom. The van der Waals surface area contributed by atoms with Gasteiger partial charge in [0, 0.05) is 5.02 Å². The van der Waals surface area contributed by atoms with Gasteiger partial charge in [-0.3, -0.25) is 4.79 Å². The number of nitrogens with one attached hydrogen (secondary N) is 1. The molecule has 1 aromatic carbocycles. The summed E-state index contributed by atoms with van der Waals surface area (Å²) in [4.78, 5) is 11.6. The van der Waals surface area contributed by atoms with Crippen LogP contribution in [0.3, 0.4) is 0 Å². The Morgan fingerprint density at radius 2 is 2.27 bits per heavy atom. The largest absolute Gasteiger partial charge is 0.507 e. The summed E-state index contributed by atoms with van der Waals surface area (Å²) in [6, 6.07) is 4.45. The zero-order valence-electron chi connectivity index (χ0n) is 7.87.